The van der Waals surface area contributed by atoms with Gasteiger partial charge in [0, 0.05) is 26.2 Å². The molecule has 1 unspecified atom stereocenters. The van der Waals surface area contributed by atoms with Crippen molar-refractivity contribution in [1.82, 2.24) is 10.2 Å². The molecule has 1 aliphatic rings. The molecule has 5 nitrogen and oxygen atoms in total. The Morgan fingerprint density at radius 2 is 2.24 bits per heavy atom. The third-order valence-corrected chi connectivity index (χ3v) is 3.03. The zero-order valence-corrected chi connectivity index (χ0v) is 10.9. The number of hydrogen-bond acceptors (Lipinski definition) is 4. The Balaban J connectivity index is 2.17. The van der Waals surface area contributed by atoms with E-state index in [1.165, 1.54) is 0 Å². The highest BCUT2D eigenvalue weighted by molar-refractivity contribution is 5.76. The number of likely N-dealkylation sites (tertiary alicyclic amines) is 1. The molecular weight excluding hydrogens is 220 g/mol. The van der Waals surface area contributed by atoms with Crippen LogP contribution in [0.3, 0.4) is 0 Å². The molecule has 0 saturated carbocycles. The lowest BCUT2D eigenvalue weighted by Crippen LogP contribution is -2.41. The van der Waals surface area contributed by atoms with Crippen molar-refractivity contribution in [2.75, 3.05) is 47.1 Å². The van der Waals surface area contributed by atoms with Gasteiger partial charge in [0.05, 0.1) is 26.2 Å². The number of ether oxygens (including phenoxy) is 2. The summed E-state index contributed by atoms with van der Waals surface area (Å²) < 4.78 is 10.2. The summed E-state index contributed by atoms with van der Waals surface area (Å²) in [6, 6.07) is 0.367. The van der Waals surface area contributed by atoms with Gasteiger partial charge in [0.15, 0.2) is 0 Å². The van der Waals surface area contributed by atoms with Gasteiger partial charge in [0.2, 0.25) is 5.91 Å². The smallest absolute Gasteiger partial charge is 0.225 e. The van der Waals surface area contributed by atoms with Gasteiger partial charge in [-0.25, -0.2) is 0 Å². The van der Waals surface area contributed by atoms with Crippen LogP contribution >= 0.6 is 0 Å². The standard InChI is InChI=1S/C12H24N2O3/c1-13-10-11-4-3-6-14(11)12(15)5-7-17-9-8-16-2/h11,13H,3-10H2,1-2H3. The zero-order valence-electron chi connectivity index (χ0n) is 10.9. The summed E-state index contributed by atoms with van der Waals surface area (Å²) in [6.07, 6.45) is 2.70. The van der Waals surface area contributed by atoms with Crippen LogP contribution in [0.5, 0.6) is 0 Å². The Labute approximate surface area is 103 Å². The van der Waals surface area contributed by atoms with E-state index in [4.69, 9.17) is 9.47 Å². The van der Waals surface area contributed by atoms with Gasteiger partial charge in [-0.15, -0.1) is 0 Å². The molecule has 1 fully saturated rings. The van der Waals surface area contributed by atoms with Crippen molar-refractivity contribution in [2.24, 2.45) is 0 Å². The minimum Gasteiger partial charge on any atom is -0.382 e. The second-order valence-corrected chi connectivity index (χ2v) is 4.30. The fraction of sp³-hybridized carbons (Fsp3) is 0.917. The van der Waals surface area contributed by atoms with E-state index >= 15 is 0 Å². The molecule has 1 aliphatic heterocycles. The molecular formula is C12H24N2O3. The number of carbonyl (C=O) groups excluding carboxylic acids is 1. The second-order valence-electron chi connectivity index (χ2n) is 4.30. The van der Waals surface area contributed by atoms with E-state index < -0.39 is 0 Å². The number of hydrogen-bond donors (Lipinski definition) is 1. The summed E-state index contributed by atoms with van der Waals surface area (Å²) >= 11 is 0. The van der Waals surface area contributed by atoms with E-state index in [2.05, 4.69) is 5.32 Å². The Morgan fingerprint density at radius 3 is 2.94 bits per heavy atom. The fourth-order valence-electron chi connectivity index (χ4n) is 2.16. The number of nitrogens with one attached hydrogen (secondary N) is 1. The molecule has 0 aliphatic carbocycles. The maximum Gasteiger partial charge on any atom is 0.225 e. The molecule has 1 heterocycles. The van der Waals surface area contributed by atoms with E-state index in [9.17, 15) is 4.79 Å². The Kier molecular flexibility index (Phi) is 7.16. The maximum atomic E-state index is 12.0. The van der Waals surface area contributed by atoms with E-state index in [-0.39, 0.29) is 5.91 Å². The molecule has 1 amide bonds. The van der Waals surface area contributed by atoms with E-state index in [0.717, 1.165) is 25.9 Å². The predicted octanol–water partition coefficient (Wildman–Crippen LogP) is 0.250. The van der Waals surface area contributed by atoms with Gasteiger partial charge in [0.25, 0.3) is 0 Å². The van der Waals surface area contributed by atoms with Crippen LogP contribution in [0.4, 0.5) is 0 Å². The van der Waals surface area contributed by atoms with Crippen LogP contribution in [-0.2, 0) is 14.3 Å². The predicted molar refractivity (Wildman–Crippen MR) is 66.0 cm³/mol. The average Bonchev–Trinajstić information content (AvgIpc) is 2.77. The van der Waals surface area contributed by atoms with E-state index in [0.29, 0.717) is 32.3 Å². The van der Waals surface area contributed by atoms with E-state index in [1.54, 1.807) is 7.11 Å². The lowest BCUT2D eigenvalue weighted by molar-refractivity contribution is -0.133. The SMILES string of the molecule is CNCC1CCCN1C(=O)CCOCCOC. The van der Waals surface area contributed by atoms with Gasteiger partial charge in [-0.05, 0) is 19.9 Å². The van der Waals surface area contributed by atoms with Crippen molar-refractivity contribution in [1.29, 1.82) is 0 Å². The van der Waals surface area contributed by atoms with Crippen LogP contribution in [0.2, 0.25) is 0 Å². The first-order chi connectivity index (χ1) is 8.29. The topological polar surface area (TPSA) is 50.8 Å². The van der Waals surface area contributed by atoms with Gasteiger partial charge in [-0.1, -0.05) is 0 Å². The molecule has 1 saturated heterocycles. The molecule has 0 aromatic heterocycles. The summed E-state index contributed by atoms with van der Waals surface area (Å²) in [7, 11) is 3.57. The Bertz CT molecular complexity index is 224. The summed E-state index contributed by atoms with van der Waals surface area (Å²) in [5.41, 5.74) is 0. The second kappa shape index (κ2) is 8.44. The van der Waals surface area contributed by atoms with Crippen LogP contribution in [0.1, 0.15) is 19.3 Å². The van der Waals surface area contributed by atoms with Crippen molar-refractivity contribution >= 4 is 5.91 Å². The van der Waals surface area contributed by atoms with Crippen LogP contribution in [0, 0.1) is 0 Å². The van der Waals surface area contributed by atoms with Crippen LogP contribution in [0.25, 0.3) is 0 Å². The highest BCUT2D eigenvalue weighted by Crippen LogP contribution is 2.17. The largest absolute Gasteiger partial charge is 0.382 e. The van der Waals surface area contributed by atoms with Crippen molar-refractivity contribution in [3.63, 3.8) is 0 Å². The molecule has 0 aromatic rings. The molecule has 0 aromatic carbocycles. The van der Waals surface area contributed by atoms with Crippen LogP contribution in [-0.4, -0.2) is 63.9 Å². The van der Waals surface area contributed by atoms with Gasteiger partial charge in [-0.2, -0.15) is 0 Å². The lowest BCUT2D eigenvalue weighted by Gasteiger charge is -2.24. The lowest BCUT2D eigenvalue weighted by atomic mass is 10.2. The maximum absolute atomic E-state index is 12.0. The average molecular weight is 244 g/mol. The van der Waals surface area contributed by atoms with E-state index in [1.807, 2.05) is 11.9 Å². The summed E-state index contributed by atoms with van der Waals surface area (Å²) in [5, 5.41) is 3.14. The minimum atomic E-state index is 0.208. The number of methoxy groups -OCH3 is 1. The first kappa shape index (κ1) is 14.4. The Hall–Kier alpha value is -0.650. The van der Waals surface area contributed by atoms with Gasteiger partial charge < -0.3 is 19.7 Å². The van der Waals surface area contributed by atoms with Crippen LogP contribution in [0.15, 0.2) is 0 Å². The van der Waals surface area contributed by atoms with Crippen molar-refractivity contribution in [3.8, 4) is 0 Å². The normalized spacial score (nSPS) is 19.9. The Morgan fingerprint density at radius 1 is 1.41 bits per heavy atom. The first-order valence-electron chi connectivity index (χ1n) is 6.30. The summed E-state index contributed by atoms with van der Waals surface area (Å²) in [5.74, 6) is 0.208. The molecule has 1 N–H and O–H groups in total. The summed E-state index contributed by atoms with van der Waals surface area (Å²) in [6.45, 7) is 3.41. The molecule has 0 radical (unpaired) electrons. The number of amides is 1. The molecule has 5 heteroatoms. The van der Waals surface area contributed by atoms with Gasteiger partial charge in [0.1, 0.15) is 0 Å². The number of carbonyl (C=O) groups is 1. The highest BCUT2D eigenvalue weighted by atomic mass is 16.5. The fourth-order valence-corrected chi connectivity index (χ4v) is 2.16. The summed E-state index contributed by atoms with van der Waals surface area (Å²) in [4.78, 5) is 13.9. The highest BCUT2D eigenvalue weighted by Gasteiger charge is 2.27. The number of nitrogens with zero attached hydrogens (tertiary/aromatic N) is 1. The zero-order chi connectivity index (χ0) is 12.5. The van der Waals surface area contributed by atoms with Crippen LogP contribution < -0.4 is 5.32 Å². The molecule has 100 valence electrons. The molecule has 17 heavy (non-hydrogen) atoms. The van der Waals surface area contributed by atoms with Gasteiger partial charge in [-0.3, -0.25) is 4.79 Å². The third kappa shape index (κ3) is 5.02. The number of rotatable bonds is 8. The monoisotopic (exact) mass is 244 g/mol. The van der Waals surface area contributed by atoms with Crippen molar-refractivity contribution < 1.29 is 14.3 Å². The van der Waals surface area contributed by atoms with Gasteiger partial charge >= 0.3 is 0 Å². The third-order valence-electron chi connectivity index (χ3n) is 3.03. The molecule has 0 bridgehead atoms. The van der Waals surface area contributed by atoms with Crippen molar-refractivity contribution in [3.05, 3.63) is 0 Å². The minimum absolute atomic E-state index is 0.208. The quantitative estimate of drug-likeness (QED) is 0.622. The molecule has 0 spiro atoms. The first-order valence-corrected chi connectivity index (χ1v) is 6.30. The number of likely N-dealkylation sites (N-methyl/N-ethyl adjacent to an activating group) is 1. The molecule has 1 atom stereocenters. The molecule has 1 rings (SSSR count). The van der Waals surface area contributed by atoms with Crippen molar-refractivity contribution in [2.45, 2.75) is 25.3 Å².